The molecule has 3 aromatic heterocycles. The van der Waals surface area contributed by atoms with Crippen LogP contribution in [0.5, 0.6) is 11.5 Å². The molecule has 3 heterocycles. The van der Waals surface area contributed by atoms with Crippen LogP contribution in [0.1, 0.15) is 5.56 Å². The minimum absolute atomic E-state index is 0.199. The Morgan fingerprint density at radius 1 is 1.06 bits per heavy atom. The van der Waals surface area contributed by atoms with Crippen molar-refractivity contribution in [3.8, 4) is 17.3 Å². The fourth-order valence-electron chi connectivity index (χ4n) is 3.91. The van der Waals surface area contributed by atoms with E-state index in [2.05, 4.69) is 10.1 Å². The SMILES string of the molecule is COc1ccc2c(OCCn3nc(-n4cc(CO)c5ccc(F)cc54)ccc3=O)ccnc2c1. The normalized spacial score (nSPS) is 11.3. The maximum absolute atomic E-state index is 13.9. The molecule has 0 aliphatic rings. The summed E-state index contributed by atoms with van der Waals surface area (Å²) in [7, 11) is 1.60. The lowest BCUT2D eigenvalue weighted by molar-refractivity contribution is 0.283. The molecule has 0 aliphatic carbocycles. The Bertz CT molecular complexity index is 1560. The summed E-state index contributed by atoms with van der Waals surface area (Å²) in [6, 6.07) is 14.6. The van der Waals surface area contributed by atoms with Crippen LogP contribution in [0.25, 0.3) is 27.6 Å². The van der Waals surface area contributed by atoms with Crippen LogP contribution in [-0.2, 0) is 13.2 Å². The van der Waals surface area contributed by atoms with Gasteiger partial charge < -0.3 is 14.6 Å². The van der Waals surface area contributed by atoms with Crippen molar-refractivity contribution >= 4 is 21.8 Å². The van der Waals surface area contributed by atoms with E-state index in [1.54, 1.807) is 42.3 Å². The van der Waals surface area contributed by atoms with Crippen molar-refractivity contribution in [1.29, 1.82) is 0 Å². The minimum atomic E-state index is -0.403. The van der Waals surface area contributed by atoms with E-state index < -0.39 is 5.82 Å². The van der Waals surface area contributed by atoms with Gasteiger partial charge in [0.25, 0.3) is 5.56 Å². The third-order valence-corrected chi connectivity index (χ3v) is 5.59. The van der Waals surface area contributed by atoms with Gasteiger partial charge in [0.05, 0.1) is 31.3 Å². The summed E-state index contributed by atoms with van der Waals surface area (Å²) in [6.07, 6.45) is 3.34. The van der Waals surface area contributed by atoms with Gasteiger partial charge in [-0.05, 0) is 42.5 Å². The van der Waals surface area contributed by atoms with Gasteiger partial charge >= 0.3 is 0 Å². The van der Waals surface area contributed by atoms with Gasteiger partial charge in [-0.2, -0.15) is 5.10 Å². The standard InChI is InChI=1S/C25H21FN4O4/c1-33-18-3-5-20-21(13-18)27-9-8-23(20)34-11-10-30-25(32)7-6-24(28-30)29-14-16(15-31)19-4-2-17(26)12-22(19)29/h2-9,12-14,31H,10-11,15H2,1H3. The first-order chi connectivity index (χ1) is 16.6. The molecule has 0 saturated heterocycles. The summed E-state index contributed by atoms with van der Waals surface area (Å²) < 4.78 is 28.0. The van der Waals surface area contributed by atoms with Crippen molar-refractivity contribution in [1.82, 2.24) is 19.3 Å². The van der Waals surface area contributed by atoms with Crippen molar-refractivity contribution in [2.45, 2.75) is 13.2 Å². The monoisotopic (exact) mass is 460 g/mol. The number of aliphatic hydroxyl groups excluding tert-OH is 1. The second kappa shape index (κ2) is 8.95. The van der Waals surface area contributed by atoms with Crippen LogP contribution in [0.15, 0.2) is 71.8 Å². The Kier molecular flexibility index (Phi) is 5.69. The number of fused-ring (bicyclic) bond motifs is 2. The molecular formula is C25H21FN4O4. The predicted molar refractivity (Wildman–Crippen MR) is 125 cm³/mol. The Morgan fingerprint density at radius 3 is 2.74 bits per heavy atom. The van der Waals surface area contributed by atoms with Gasteiger partial charge in [-0.15, -0.1) is 0 Å². The van der Waals surface area contributed by atoms with Crippen LogP contribution < -0.4 is 15.0 Å². The molecule has 2 aromatic carbocycles. The quantitative estimate of drug-likeness (QED) is 0.400. The number of pyridine rings is 1. The Balaban J connectivity index is 1.41. The molecule has 8 nitrogen and oxygen atoms in total. The summed E-state index contributed by atoms with van der Waals surface area (Å²) in [5, 5.41) is 15.7. The average Bonchev–Trinajstić information content (AvgIpc) is 3.22. The molecule has 0 fully saturated rings. The zero-order valence-electron chi connectivity index (χ0n) is 18.3. The van der Waals surface area contributed by atoms with Crippen molar-refractivity contribution in [3.05, 3.63) is 88.7 Å². The second-order valence-electron chi connectivity index (χ2n) is 7.64. The maximum atomic E-state index is 13.9. The van der Waals surface area contributed by atoms with Crippen LogP contribution in [0.4, 0.5) is 4.39 Å². The molecule has 34 heavy (non-hydrogen) atoms. The van der Waals surface area contributed by atoms with E-state index in [1.165, 1.54) is 22.9 Å². The number of nitrogens with zero attached hydrogens (tertiary/aromatic N) is 4. The largest absolute Gasteiger partial charge is 0.497 e. The van der Waals surface area contributed by atoms with Crippen molar-refractivity contribution in [2.75, 3.05) is 13.7 Å². The summed E-state index contributed by atoms with van der Waals surface area (Å²) in [6.45, 7) is 0.200. The number of rotatable bonds is 7. The lowest BCUT2D eigenvalue weighted by Crippen LogP contribution is -2.26. The summed E-state index contributed by atoms with van der Waals surface area (Å²) in [5.74, 6) is 1.36. The van der Waals surface area contributed by atoms with Gasteiger partial charge in [0.1, 0.15) is 23.9 Å². The number of hydrogen-bond donors (Lipinski definition) is 1. The topological polar surface area (TPSA) is 91.4 Å². The summed E-state index contributed by atoms with van der Waals surface area (Å²) in [4.78, 5) is 16.8. The molecule has 0 radical (unpaired) electrons. The molecule has 1 N–H and O–H groups in total. The number of benzene rings is 2. The van der Waals surface area contributed by atoms with Gasteiger partial charge in [0.15, 0.2) is 5.82 Å². The molecule has 5 aromatic rings. The predicted octanol–water partition coefficient (Wildman–Crippen LogP) is 3.45. The molecule has 0 atom stereocenters. The molecule has 0 unspecified atom stereocenters. The molecule has 172 valence electrons. The van der Waals surface area contributed by atoms with Crippen LogP contribution >= 0.6 is 0 Å². The number of aliphatic hydroxyl groups is 1. The Hall–Kier alpha value is -4.24. The van der Waals surface area contributed by atoms with Crippen LogP contribution in [-0.4, -0.2) is 38.2 Å². The first-order valence-electron chi connectivity index (χ1n) is 10.6. The number of halogens is 1. The van der Waals surface area contributed by atoms with Gasteiger partial charge in [0.2, 0.25) is 0 Å². The number of hydrogen-bond acceptors (Lipinski definition) is 6. The highest BCUT2D eigenvalue weighted by Gasteiger charge is 2.13. The Labute approximate surface area is 193 Å². The zero-order chi connectivity index (χ0) is 23.7. The number of aromatic nitrogens is 4. The fourth-order valence-corrected chi connectivity index (χ4v) is 3.91. The molecule has 0 aliphatic heterocycles. The van der Waals surface area contributed by atoms with Gasteiger partial charge in [-0.1, -0.05) is 0 Å². The second-order valence-corrected chi connectivity index (χ2v) is 7.64. The van der Waals surface area contributed by atoms with Crippen molar-refractivity contribution in [3.63, 3.8) is 0 Å². The lowest BCUT2D eigenvalue weighted by atomic mass is 10.2. The van der Waals surface area contributed by atoms with Gasteiger partial charge in [-0.3, -0.25) is 14.3 Å². The zero-order valence-corrected chi connectivity index (χ0v) is 18.3. The van der Waals surface area contributed by atoms with Crippen molar-refractivity contribution in [2.24, 2.45) is 0 Å². The molecule has 5 rings (SSSR count). The van der Waals surface area contributed by atoms with Gasteiger partial charge in [-0.25, -0.2) is 9.07 Å². The minimum Gasteiger partial charge on any atom is -0.497 e. The maximum Gasteiger partial charge on any atom is 0.266 e. The van der Waals surface area contributed by atoms with E-state index in [0.29, 0.717) is 33.8 Å². The van der Waals surface area contributed by atoms with E-state index in [4.69, 9.17) is 9.47 Å². The van der Waals surface area contributed by atoms with E-state index in [-0.39, 0.29) is 25.3 Å². The molecule has 9 heteroatoms. The van der Waals surface area contributed by atoms with E-state index in [1.807, 2.05) is 18.2 Å². The number of ether oxygens (including phenoxy) is 2. The first-order valence-corrected chi connectivity index (χ1v) is 10.6. The summed E-state index contributed by atoms with van der Waals surface area (Å²) >= 11 is 0. The van der Waals surface area contributed by atoms with Gasteiger partial charge in [0, 0.05) is 40.9 Å². The molecule has 0 saturated carbocycles. The molecular weight excluding hydrogens is 439 g/mol. The molecule has 0 bridgehead atoms. The highest BCUT2D eigenvalue weighted by atomic mass is 19.1. The average molecular weight is 460 g/mol. The Morgan fingerprint density at radius 2 is 1.91 bits per heavy atom. The fraction of sp³-hybridized carbons (Fsp3) is 0.160. The highest BCUT2D eigenvalue weighted by molar-refractivity contribution is 5.86. The third kappa shape index (κ3) is 3.97. The van der Waals surface area contributed by atoms with E-state index in [0.717, 1.165) is 10.9 Å². The number of methoxy groups -OCH3 is 1. The highest BCUT2D eigenvalue weighted by Crippen LogP contribution is 2.27. The van der Waals surface area contributed by atoms with Crippen molar-refractivity contribution < 1.29 is 19.0 Å². The molecule has 0 amide bonds. The van der Waals surface area contributed by atoms with E-state index in [9.17, 15) is 14.3 Å². The third-order valence-electron chi connectivity index (χ3n) is 5.59. The first kappa shape index (κ1) is 21.6. The van der Waals surface area contributed by atoms with Crippen LogP contribution in [0.2, 0.25) is 0 Å². The summed E-state index contributed by atoms with van der Waals surface area (Å²) in [5.41, 5.74) is 1.64. The lowest BCUT2D eigenvalue weighted by Gasteiger charge is -2.11. The van der Waals surface area contributed by atoms with Crippen LogP contribution in [0.3, 0.4) is 0 Å². The molecule has 0 spiro atoms. The smallest absolute Gasteiger partial charge is 0.266 e. The van der Waals surface area contributed by atoms with E-state index >= 15 is 0 Å². The van der Waals surface area contributed by atoms with Crippen LogP contribution in [0, 0.1) is 5.82 Å².